The molecule has 0 aliphatic heterocycles. The zero-order valence-electron chi connectivity index (χ0n) is 17.2. The summed E-state index contributed by atoms with van der Waals surface area (Å²) in [6, 6.07) is 0. The second-order valence-electron chi connectivity index (χ2n) is 6.59. The first-order valence-corrected chi connectivity index (χ1v) is 19.5. The molecule has 0 amide bonds. The van der Waals surface area contributed by atoms with E-state index >= 15 is 0 Å². The predicted molar refractivity (Wildman–Crippen MR) is 81.8 cm³/mol. The summed E-state index contributed by atoms with van der Waals surface area (Å²) in [5.41, 5.74) is 0. The zero-order valence-corrected chi connectivity index (χ0v) is 23.5. The molecule has 0 aromatic carbocycles. The lowest BCUT2D eigenvalue weighted by Gasteiger charge is -2.58. The van der Waals surface area contributed by atoms with Crippen molar-refractivity contribution in [2.75, 3.05) is 0 Å². The minimum Gasteiger partial charge on any atom is -0.790 e. The molecule has 0 saturated heterocycles. The average Bonchev–Trinajstić information content (AvgIpc) is 2.58. The van der Waals surface area contributed by atoms with E-state index in [1.165, 1.54) is 0 Å². The molecule has 39 heavy (non-hydrogen) atoms. The summed E-state index contributed by atoms with van der Waals surface area (Å²) in [4.78, 5) is 157. The molecule has 0 aromatic heterocycles. The highest BCUT2D eigenvalue weighted by Crippen LogP contribution is 2.70. The summed E-state index contributed by atoms with van der Waals surface area (Å²) in [6.45, 7) is 0. The fourth-order valence-electron chi connectivity index (χ4n) is 2.80. The molecular formula is C6H6O26P7-13. The van der Waals surface area contributed by atoms with E-state index in [4.69, 9.17) is 0 Å². The SMILES string of the molecule is O=P([O-])([O-])OC1[C@@H](OP(=O)([O-])[O-])[C@H](OP(=O)([O-])[O-])C(OP(=O)([O-])[P+]([O-])([O-])[O-])[C@H](OP(=O)([O-])[O-])[C@@H]1OP(=O)([O-])[O-]. The summed E-state index contributed by atoms with van der Waals surface area (Å²) in [5, 5.41) is 0. The fourth-order valence-corrected chi connectivity index (χ4v) is 6.82. The Hall–Kier alpha value is 1.01. The van der Waals surface area contributed by atoms with Crippen molar-refractivity contribution in [3.8, 4) is 0 Å². The predicted octanol–water partition coefficient (Wildman–Crippen LogP) is -12.2. The largest absolute Gasteiger partial charge is 0.790 e. The topological polar surface area (TPSA) is 481 Å². The maximum absolute atomic E-state index is 11.8. The molecule has 0 spiro atoms. The van der Waals surface area contributed by atoms with Gasteiger partial charge in [-0.3, -0.25) is 4.57 Å². The lowest BCUT2D eigenvalue weighted by Crippen LogP contribution is -2.68. The van der Waals surface area contributed by atoms with Crippen molar-refractivity contribution in [1.29, 1.82) is 0 Å². The van der Waals surface area contributed by atoms with Gasteiger partial charge in [0.2, 0.25) is 0 Å². The first-order valence-electron chi connectivity index (χ1n) is 8.36. The van der Waals surface area contributed by atoms with Crippen molar-refractivity contribution in [2.24, 2.45) is 0 Å². The van der Waals surface area contributed by atoms with E-state index in [1.54, 1.807) is 0 Å². The molecule has 0 aromatic rings. The molecule has 1 fully saturated rings. The van der Waals surface area contributed by atoms with Crippen LogP contribution in [0.15, 0.2) is 0 Å². The second kappa shape index (κ2) is 12.6. The van der Waals surface area contributed by atoms with Gasteiger partial charge in [-0.05, 0) is 0 Å². The standard InChI is InChI=1S/C6H19O26P7/c7-33(8,9)27-1-2(28-34(10,11)12)4(30-36(16,17)18)6(32-39(25,26)38(22,23)24)5(31-37(19,20)21)3(1)29-35(13,14)15/h1-6H,(H,25,26)(H2,7,8,9)(H2,10,11,12)(H2,13,14,15)(H2,16,17,18)(H2,19,20,21)(H2,22,23,24)/p-13/t1?,2-,3-,4-,5+,6?/m1/s1. The fraction of sp³-hybridized carbons (Fsp3) is 1.00. The Kier molecular flexibility index (Phi) is 12.2. The van der Waals surface area contributed by atoms with Gasteiger partial charge in [-0.25, -0.2) is 0 Å². The number of phosphoric ester groups is 5. The number of rotatable bonds is 13. The third-order valence-electron chi connectivity index (χ3n) is 3.75. The third-order valence-corrected chi connectivity index (χ3v) is 9.45. The van der Waals surface area contributed by atoms with Crippen LogP contribution in [0.4, 0.5) is 0 Å². The van der Waals surface area contributed by atoms with Crippen LogP contribution < -0.4 is 68.5 Å². The second-order valence-corrected chi connectivity index (χ2v) is 17.1. The molecule has 1 saturated carbocycles. The first kappa shape index (κ1) is 38.0. The Morgan fingerprint density at radius 2 is 0.513 bits per heavy atom. The van der Waals surface area contributed by atoms with Gasteiger partial charge in [0.15, 0.2) is 0 Å². The van der Waals surface area contributed by atoms with Crippen LogP contribution >= 0.6 is 54.0 Å². The maximum Gasteiger partial charge on any atom is 0.259 e. The van der Waals surface area contributed by atoms with Gasteiger partial charge < -0.3 is 118 Å². The maximum atomic E-state index is 11.8. The van der Waals surface area contributed by atoms with E-state index in [9.17, 15) is 95.9 Å². The summed E-state index contributed by atoms with van der Waals surface area (Å²) >= 11 is 0. The number of hydrogen-bond acceptors (Lipinski definition) is 26. The highest BCUT2D eigenvalue weighted by molar-refractivity contribution is 8.27. The highest BCUT2D eigenvalue weighted by Gasteiger charge is 2.58. The molecule has 1 aliphatic rings. The normalized spacial score (nSPS) is 29.7. The Labute approximate surface area is 214 Å². The van der Waals surface area contributed by atoms with Crippen LogP contribution in [0.3, 0.4) is 0 Å². The molecule has 26 nitrogen and oxygen atoms in total. The third kappa shape index (κ3) is 13.0. The molecule has 33 heteroatoms. The minimum absolute atomic E-state index is 3.59. The number of phosphoric acid groups is 5. The molecular weight excluding hydrogens is 705 g/mol. The molecule has 0 radical (unpaired) electrons. The van der Waals surface area contributed by atoms with Crippen LogP contribution in [0.25, 0.3) is 0 Å². The monoisotopic (exact) mass is 711 g/mol. The highest BCUT2D eigenvalue weighted by atomic mass is 32.1. The van der Waals surface area contributed by atoms with Gasteiger partial charge in [-0.1, -0.05) is 7.63 Å². The molecule has 7 atom stereocenters. The van der Waals surface area contributed by atoms with E-state index in [1.807, 2.05) is 0 Å². The van der Waals surface area contributed by atoms with Gasteiger partial charge in [0.25, 0.3) is 7.28 Å². The average molecular weight is 711 g/mol. The van der Waals surface area contributed by atoms with Crippen molar-refractivity contribution in [3.05, 3.63) is 0 Å². The molecule has 1 rings (SSSR count). The van der Waals surface area contributed by atoms with Crippen molar-refractivity contribution >= 4 is 54.0 Å². The van der Waals surface area contributed by atoms with Crippen LogP contribution in [-0.2, 0) is 54.5 Å². The van der Waals surface area contributed by atoms with Crippen LogP contribution in [0, 0.1) is 0 Å². The van der Waals surface area contributed by atoms with Crippen LogP contribution in [-0.4, -0.2) is 36.6 Å². The summed E-state index contributed by atoms with van der Waals surface area (Å²) < 4.78 is 89.3. The molecule has 0 bridgehead atoms. The van der Waals surface area contributed by atoms with Gasteiger partial charge in [-0.15, -0.1) is 0 Å². The van der Waals surface area contributed by atoms with Crippen molar-refractivity contribution < 1.29 is 123 Å². The van der Waals surface area contributed by atoms with E-state index in [-0.39, 0.29) is 0 Å². The quantitative estimate of drug-likeness (QED) is 0.160. The van der Waals surface area contributed by atoms with Crippen LogP contribution in [0.1, 0.15) is 0 Å². The van der Waals surface area contributed by atoms with Gasteiger partial charge in [0.05, 0.1) is 39.1 Å². The van der Waals surface area contributed by atoms with Crippen molar-refractivity contribution in [1.82, 2.24) is 0 Å². The van der Waals surface area contributed by atoms with E-state index in [0.29, 0.717) is 0 Å². The Morgan fingerprint density at radius 3 is 0.641 bits per heavy atom. The van der Waals surface area contributed by atoms with E-state index in [2.05, 4.69) is 27.1 Å². The van der Waals surface area contributed by atoms with Crippen LogP contribution in [0.2, 0.25) is 0 Å². The summed E-state index contributed by atoms with van der Waals surface area (Å²) in [7, 11) is -48.5. The van der Waals surface area contributed by atoms with Crippen molar-refractivity contribution in [2.45, 2.75) is 36.6 Å². The van der Waals surface area contributed by atoms with Gasteiger partial charge >= 0.3 is 0 Å². The Bertz CT molecular complexity index is 1080. The van der Waals surface area contributed by atoms with Crippen LogP contribution in [0.5, 0.6) is 0 Å². The smallest absolute Gasteiger partial charge is 0.259 e. The number of hydrogen-bond donors (Lipinski definition) is 0. The molecule has 1 aliphatic carbocycles. The minimum atomic E-state index is -7.20. The summed E-state index contributed by atoms with van der Waals surface area (Å²) in [6.07, 6.45) is -22.7. The lowest BCUT2D eigenvalue weighted by atomic mass is 9.85. The van der Waals surface area contributed by atoms with Gasteiger partial charge in [0.1, 0.15) is 36.6 Å². The Balaban J connectivity index is 4.16. The lowest BCUT2D eigenvalue weighted by molar-refractivity contribution is -0.424. The molecule has 0 N–H and O–H groups in total. The Morgan fingerprint density at radius 1 is 0.359 bits per heavy atom. The van der Waals surface area contributed by atoms with E-state index in [0.717, 1.165) is 0 Å². The van der Waals surface area contributed by atoms with Gasteiger partial charge in [-0.2, -0.15) is 0 Å². The molecule has 234 valence electrons. The molecule has 3 unspecified atom stereocenters. The van der Waals surface area contributed by atoms with E-state index < -0.39 is 90.7 Å². The molecule has 0 heterocycles. The zero-order chi connectivity index (χ0) is 31.2. The van der Waals surface area contributed by atoms with Gasteiger partial charge in [0, 0.05) is 0 Å². The summed E-state index contributed by atoms with van der Waals surface area (Å²) in [5.74, 6) is 0. The first-order chi connectivity index (χ1) is 16.8. The van der Waals surface area contributed by atoms with Crippen molar-refractivity contribution in [3.63, 3.8) is 0 Å².